The Balaban J connectivity index is 1.56. The van der Waals surface area contributed by atoms with Crippen molar-refractivity contribution in [2.45, 2.75) is 6.42 Å². The molecule has 6 nitrogen and oxygen atoms in total. The molecule has 1 amide bonds. The zero-order chi connectivity index (χ0) is 23.2. The number of hydrogen-bond donors (Lipinski definition) is 1. The second-order valence-corrected chi connectivity index (χ2v) is 7.34. The molecular formula is C26H24FN3O3. The summed E-state index contributed by atoms with van der Waals surface area (Å²) in [5, 5.41) is 7.46. The van der Waals surface area contributed by atoms with Gasteiger partial charge in [0.25, 0.3) is 5.91 Å². The molecule has 1 N–H and O–H groups in total. The molecule has 168 valence electrons. The molecule has 0 saturated heterocycles. The summed E-state index contributed by atoms with van der Waals surface area (Å²) in [4.78, 5) is 13.1. The van der Waals surface area contributed by atoms with Gasteiger partial charge in [0, 0.05) is 12.1 Å². The van der Waals surface area contributed by atoms with E-state index >= 15 is 0 Å². The molecule has 0 spiro atoms. The first-order valence-corrected chi connectivity index (χ1v) is 10.5. The molecule has 33 heavy (non-hydrogen) atoms. The maximum Gasteiger partial charge on any atom is 0.270 e. The Bertz CT molecular complexity index is 1250. The predicted octanol–water partition coefficient (Wildman–Crippen LogP) is 4.67. The Labute approximate surface area is 191 Å². The van der Waals surface area contributed by atoms with Crippen molar-refractivity contribution in [3.05, 3.63) is 95.9 Å². The number of ether oxygens (including phenoxy) is 2. The third kappa shape index (κ3) is 4.87. The standard InChI is InChI=1S/C26H24FN3O3/c1-32-24-13-12-18(16-25(24)33-2)14-15-28-26(31)23-17-22(20-10-6-7-11-21(20)27)29-30(23)19-8-4-3-5-9-19/h3-13,16-17H,14-15H2,1-2H3,(H,28,31). The van der Waals surface area contributed by atoms with Crippen molar-refractivity contribution in [2.75, 3.05) is 20.8 Å². The molecule has 0 unspecified atom stereocenters. The smallest absolute Gasteiger partial charge is 0.270 e. The van der Waals surface area contributed by atoms with Crippen LogP contribution in [0, 0.1) is 5.82 Å². The number of rotatable bonds is 8. The van der Waals surface area contributed by atoms with Crippen molar-refractivity contribution in [1.29, 1.82) is 0 Å². The Morgan fingerprint density at radius 1 is 0.939 bits per heavy atom. The van der Waals surface area contributed by atoms with Crippen LogP contribution in [0.1, 0.15) is 16.1 Å². The molecule has 1 aromatic heterocycles. The van der Waals surface area contributed by atoms with Crippen LogP contribution < -0.4 is 14.8 Å². The summed E-state index contributed by atoms with van der Waals surface area (Å²) < 4.78 is 26.5. The molecule has 0 fully saturated rings. The number of nitrogens with zero attached hydrogens (tertiary/aromatic N) is 2. The summed E-state index contributed by atoms with van der Waals surface area (Å²) in [6, 6.07) is 22.9. The lowest BCUT2D eigenvalue weighted by Gasteiger charge is -2.11. The van der Waals surface area contributed by atoms with E-state index in [1.165, 1.54) is 10.7 Å². The molecule has 1 heterocycles. The Hall–Kier alpha value is -4.13. The van der Waals surface area contributed by atoms with Gasteiger partial charge < -0.3 is 14.8 Å². The van der Waals surface area contributed by atoms with Gasteiger partial charge in [0.1, 0.15) is 11.5 Å². The van der Waals surface area contributed by atoms with Crippen molar-refractivity contribution in [1.82, 2.24) is 15.1 Å². The van der Waals surface area contributed by atoms with Crippen LogP contribution in [-0.2, 0) is 6.42 Å². The Morgan fingerprint density at radius 3 is 2.39 bits per heavy atom. The summed E-state index contributed by atoms with van der Waals surface area (Å²) in [7, 11) is 3.17. The molecule has 0 radical (unpaired) electrons. The van der Waals surface area contributed by atoms with Gasteiger partial charge in [0.2, 0.25) is 0 Å². The summed E-state index contributed by atoms with van der Waals surface area (Å²) >= 11 is 0. The van der Waals surface area contributed by atoms with E-state index in [0.29, 0.717) is 47.1 Å². The van der Waals surface area contributed by atoms with Gasteiger partial charge in [-0.05, 0) is 54.4 Å². The minimum atomic E-state index is -0.393. The Morgan fingerprint density at radius 2 is 1.67 bits per heavy atom. The molecule has 0 aliphatic rings. The normalized spacial score (nSPS) is 10.6. The zero-order valence-electron chi connectivity index (χ0n) is 18.4. The number of benzene rings is 3. The van der Waals surface area contributed by atoms with Gasteiger partial charge in [-0.1, -0.05) is 36.4 Å². The molecule has 3 aromatic carbocycles. The van der Waals surface area contributed by atoms with Crippen LogP contribution in [0.15, 0.2) is 78.9 Å². The number of amides is 1. The molecule has 0 saturated carbocycles. The van der Waals surface area contributed by atoms with Gasteiger partial charge >= 0.3 is 0 Å². The maximum absolute atomic E-state index is 14.4. The van der Waals surface area contributed by atoms with E-state index in [1.807, 2.05) is 48.5 Å². The lowest BCUT2D eigenvalue weighted by Crippen LogP contribution is -2.27. The lowest BCUT2D eigenvalue weighted by atomic mass is 10.1. The van der Waals surface area contributed by atoms with Crippen LogP contribution in [0.25, 0.3) is 16.9 Å². The summed E-state index contributed by atoms with van der Waals surface area (Å²) in [5.41, 5.74) is 2.77. The summed E-state index contributed by atoms with van der Waals surface area (Å²) in [5.74, 6) is 0.598. The second kappa shape index (κ2) is 9.99. The number of aromatic nitrogens is 2. The first-order chi connectivity index (χ1) is 16.1. The van der Waals surface area contributed by atoms with Crippen molar-refractivity contribution in [3.63, 3.8) is 0 Å². The third-order valence-electron chi connectivity index (χ3n) is 5.24. The predicted molar refractivity (Wildman–Crippen MR) is 125 cm³/mol. The van der Waals surface area contributed by atoms with Gasteiger partial charge in [-0.2, -0.15) is 5.10 Å². The van der Waals surface area contributed by atoms with Gasteiger partial charge in [-0.15, -0.1) is 0 Å². The molecule has 4 aromatic rings. The fraction of sp³-hybridized carbons (Fsp3) is 0.154. The van der Waals surface area contributed by atoms with Gasteiger partial charge in [0.15, 0.2) is 11.5 Å². The molecule has 0 aliphatic carbocycles. The van der Waals surface area contributed by atoms with Crippen molar-refractivity contribution in [2.24, 2.45) is 0 Å². The zero-order valence-corrected chi connectivity index (χ0v) is 18.4. The van der Waals surface area contributed by atoms with E-state index in [4.69, 9.17) is 9.47 Å². The third-order valence-corrected chi connectivity index (χ3v) is 5.24. The SMILES string of the molecule is COc1ccc(CCNC(=O)c2cc(-c3ccccc3F)nn2-c2ccccc2)cc1OC. The van der Waals surface area contributed by atoms with E-state index < -0.39 is 5.82 Å². The maximum atomic E-state index is 14.4. The first-order valence-electron chi connectivity index (χ1n) is 10.5. The quantitative estimate of drug-likeness (QED) is 0.428. The topological polar surface area (TPSA) is 65.4 Å². The average Bonchev–Trinajstić information content (AvgIpc) is 3.30. The lowest BCUT2D eigenvalue weighted by molar-refractivity contribution is 0.0946. The Kier molecular flexibility index (Phi) is 6.69. The van der Waals surface area contributed by atoms with Gasteiger partial charge in [-0.3, -0.25) is 4.79 Å². The van der Waals surface area contributed by atoms with Crippen molar-refractivity contribution in [3.8, 4) is 28.4 Å². The molecule has 4 rings (SSSR count). The fourth-order valence-electron chi connectivity index (χ4n) is 3.56. The highest BCUT2D eigenvalue weighted by Gasteiger charge is 2.19. The summed E-state index contributed by atoms with van der Waals surface area (Å²) in [6.45, 7) is 0.406. The van der Waals surface area contributed by atoms with Crippen molar-refractivity contribution < 1.29 is 18.7 Å². The van der Waals surface area contributed by atoms with Gasteiger partial charge in [-0.25, -0.2) is 9.07 Å². The second-order valence-electron chi connectivity index (χ2n) is 7.34. The van der Waals surface area contributed by atoms with Crippen LogP contribution >= 0.6 is 0 Å². The average molecular weight is 445 g/mol. The first kappa shape index (κ1) is 22.1. The number of methoxy groups -OCH3 is 2. The number of para-hydroxylation sites is 1. The largest absolute Gasteiger partial charge is 0.493 e. The number of hydrogen-bond acceptors (Lipinski definition) is 4. The number of nitrogens with one attached hydrogen (secondary N) is 1. The molecule has 0 aliphatic heterocycles. The minimum Gasteiger partial charge on any atom is -0.493 e. The van der Waals surface area contributed by atoms with Crippen LogP contribution in [0.2, 0.25) is 0 Å². The van der Waals surface area contributed by atoms with E-state index in [1.54, 1.807) is 38.5 Å². The van der Waals surface area contributed by atoms with Crippen LogP contribution in [0.3, 0.4) is 0 Å². The highest BCUT2D eigenvalue weighted by molar-refractivity contribution is 5.94. The number of halogens is 1. The highest BCUT2D eigenvalue weighted by Crippen LogP contribution is 2.28. The highest BCUT2D eigenvalue weighted by atomic mass is 19.1. The molecule has 0 atom stereocenters. The van der Waals surface area contributed by atoms with E-state index in [9.17, 15) is 9.18 Å². The number of carbonyl (C=O) groups excluding carboxylic acids is 1. The van der Waals surface area contributed by atoms with E-state index in [2.05, 4.69) is 10.4 Å². The fourth-order valence-corrected chi connectivity index (χ4v) is 3.56. The van der Waals surface area contributed by atoms with E-state index in [0.717, 1.165) is 5.56 Å². The molecule has 0 bridgehead atoms. The minimum absolute atomic E-state index is 0.297. The molecular weight excluding hydrogens is 421 g/mol. The van der Waals surface area contributed by atoms with Crippen molar-refractivity contribution >= 4 is 5.91 Å². The summed E-state index contributed by atoms with van der Waals surface area (Å²) in [6.07, 6.45) is 0.603. The van der Waals surface area contributed by atoms with E-state index in [-0.39, 0.29) is 5.91 Å². The van der Waals surface area contributed by atoms with Crippen LogP contribution in [0.4, 0.5) is 4.39 Å². The molecule has 7 heteroatoms. The van der Waals surface area contributed by atoms with Crippen LogP contribution in [-0.4, -0.2) is 36.5 Å². The monoisotopic (exact) mass is 445 g/mol. The number of carbonyl (C=O) groups is 1. The van der Waals surface area contributed by atoms with Gasteiger partial charge in [0.05, 0.1) is 25.6 Å². The van der Waals surface area contributed by atoms with Crippen LogP contribution in [0.5, 0.6) is 11.5 Å².